The van der Waals surface area contributed by atoms with E-state index >= 15 is 0 Å². The molecule has 0 aliphatic rings. The van der Waals surface area contributed by atoms with Crippen LogP contribution in [0.3, 0.4) is 0 Å². The number of hydrogen-bond acceptors (Lipinski definition) is 2. The average molecular weight is 248 g/mol. The smallest absolute Gasteiger partial charge is 0.179 e. The van der Waals surface area contributed by atoms with E-state index in [0.717, 1.165) is 0 Å². The van der Waals surface area contributed by atoms with Crippen LogP contribution in [0.1, 0.15) is 0 Å². The van der Waals surface area contributed by atoms with Crippen LogP contribution in [0.2, 0.25) is 5.02 Å². The van der Waals surface area contributed by atoms with E-state index in [1.165, 1.54) is 6.07 Å². The van der Waals surface area contributed by atoms with Gasteiger partial charge >= 0.3 is 0 Å². The van der Waals surface area contributed by atoms with E-state index in [0.29, 0.717) is 22.1 Å². The summed E-state index contributed by atoms with van der Waals surface area (Å²) < 4.78 is 15.3. The van der Waals surface area contributed by atoms with E-state index in [2.05, 4.69) is 10.2 Å². The van der Waals surface area contributed by atoms with Crippen LogP contribution in [0.15, 0.2) is 42.6 Å². The molecule has 3 rings (SSSR count). The van der Waals surface area contributed by atoms with Crippen molar-refractivity contribution in [2.24, 2.45) is 0 Å². The van der Waals surface area contributed by atoms with Gasteiger partial charge in [-0.25, -0.2) is 4.39 Å². The highest BCUT2D eigenvalue weighted by Gasteiger charge is 2.12. The number of fused-ring (bicyclic) bond motifs is 1. The summed E-state index contributed by atoms with van der Waals surface area (Å²) in [5.74, 6) is 0.113. The summed E-state index contributed by atoms with van der Waals surface area (Å²) in [7, 11) is 0. The van der Waals surface area contributed by atoms with Gasteiger partial charge < -0.3 is 0 Å². The Morgan fingerprint density at radius 1 is 1.06 bits per heavy atom. The van der Waals surface area contributed by atoms with Crippen LogP contribution in [0, 0.1) is 5.82 Å². The van der Waals surface area contributed by atoms with Gasteiger partial charge in [-0.3, -0.25) is 4.40 Å². The zero-order chi connectivity index (χ0) is 11.8. The lowest BCUT2D eigenvalue weighted by Gasteiger charge is -2.01. The molecule has 3 aromatic rings. The highest BCUT2D eigenvalue weighted by molar-refractivity contribution is 6.33. The van der Waals surface area contributed by atoms with Gasteiger partial charge in [-0.2, -0.15) is 0 Å². The Balaban J connectivity index is 2.33. The summed E-state index contributed by atoms with van der Waals surface area (Å²) in [5, 5.41) is 8.41. The normalized spacial score (nSPS) is 10.9. The van der Waals surface area contributed by atoms with Crippen molar-refractivity contribution in [2.75, 3.05) is 0 Å². The van der Waals surface area contributed by atoms with Crippen molar-refractivity contribution >= 4 is 17.2 Å². The molecule has 0 spiro atoms. The molecule has 3 nitrogen and oxygen atoms in total. The van der Waals surface area contributed by atoms with Gasteiger partial charge in [0, 0.05) is 6.20 Å². The van der Waals surface area contributed by atoms with Crippen molar-refractivity contribution in [1.82, 2.24) is 14.6 Å². The number of rotatable bonds is 1. The van der Waals surface area contributed by atoms with Crippen LogP contribution in [0.4, 0.5) is 4.39 Å². The van der Waals surface area contributed by atoms with Crippen LogP contribution in [-0.2, 0) is 0 Å². The molecule has 0 bridgehead atoms. The van der Waals surface area contributed by atoms with Crippen LogP contribution in [0.5, 0.6) is 0 Å². The highest BCUT2D eigenvalue weighted by atomic mass is 35.5. The number of benzene rings is 1. The van der Waals surface area contributed by atoms with Crippen molar-refractivity contribution in [3.8, 4) is 11.4 Å². The second-order valence-electron chi connectivity index (χ2n) is 3.55. The molecule has 1 aromatic carbocycles. The molecule has 0 saturated heterocycles. The average Bonchev–Trinajstić information content (AvgIpc) is 2.75. The molecule has 5 heteroatoms. The zero-order valence-corrected chi connectivity index (χ0v) is 9.39. The summed E-state index contributed by atoms with van der Waals surface area (Å²) in [6.07, 6.45) is 1.75. The fourth-order valence-corrected chi connectivity index (χ4v) is 1.91. The zero-order valence-electron chi connectivity index (χ0n) is 8.64. The number of pyridine rings is 1. The Morgan fingerprint density at radius 2 is 1.88 bits per heavy atom. The molecule has 0 unspecified atom stereocenters. The first-order valence-electron chi connectivity index (χ1n) is 5.01. The fourth-order valence-electron chi connectivity index (χ4n) is 1.71. The maximum atomic E-state index is 13.7. The molecule has 2 aromatic heterocycles. The predicted octanol–water partition coefficient (Wildman–Crippen LogP) is 3.19. The molecule has 17 heavy (non-hydrogen) atoms. The molecule has 0 aliphatic heterocycles. The minimum absolute atomic E-state index is 0.332. The standard InChI is InChI=1S/C12H7ClFN3/c13-9-5-3-7-17-11(15-16-12(9)17)8-4-1-2-6-10(8)14/h1-7H. The van der Waals surface area contributed by atoms with Gasteiger partial charge in [0.25, 0.3) is 0 Å². The Labute approximate surface area is 101 Å². The van der Waals surface area contributed by atoms with E-state index in [1.54, 1.807) is 40.9 Å². The van der Waals surface area contributed by atoms with Gasteiger partial charge in [-0.1, -0.05) is 23.7 Å². The molecule has 84 valence electrons. The van der Waals surface area contributed by atoms with E-state index in [-0.39, 0.29) is 5.82 Å². The first-order valence-corrected chi connectivity index (χ1v) is 5.39. The van der Waals surface area contributed by atoms with Crippen molar-refractivity contribution < 1.29 is 4.39 Å². The Bertz CT molecular complexity index is 693. The van der Waals surface area contributed by atoms with Gasteiger partial charge in [0.15, 0.2) is 11.5 Å². The third-order valence-electron chi connectivity index (χ3n) is 2.50. The lowest BCUT2D eigenvalue weighted by Crippen LogP contribution is -1.91. The van der Waals surface area contributed by atoms with Crippen LogP contribution in [0.25, 0.3) is 17.0 Å². The summed E-state index contributed by atoms with van der Waals surface area (Å²) >= 11 is 5.98. The molecule has 0 radical (unpaired) electrons. The maximum Gasteiger partial charge on any atom is 0.179 e. The molecule has 0 saturated carbocycles. The minimum Gasteiger partial charge on any atom is -0.281 e. The van der Waals surface area contributed by atoms with Gasteiger partial charge in [0.05, 0.1) is 10.6 Å². The molecule has 0 atom stereocenters. The summed E-state index contributed by atoms with van der Waals surface area (Å²) in [6.45, 7) is 0. The third kappa shape index (κ3) is 1.57. The lowest BCUT2D eigenvalue weighted by atomic mass is 10.2. The number of aromatic nitrogens is 3. The van der Waals surface area contributed by atoms with Crippen molar-refractivity contribution in [3.05, 3.63) is 53.4 Å². The number of hydrogen-bond donors (Lipinski definition) is 0. The molecule has 0 fully saturated rings. The van der Waals surface area contributed by atoms with E-state index in [9.17, 15) is 4.39 Å². The molecule has 0 aliphatic carbocycles. The molecule has 0 amide bonds. The highest BCUT2D eigenvalue weighted by Crippen LogP contribution is 2.23. The molecule has 0 N–H and O–H groups in total. The van der Waals surface area contributed by atoms with Gasteiger partial charge in [0.2, 0.25) is 0 Å². The summed E-state index contributed by atoms with van der Waals surface area (Å²) in [5.41, 5.74) is 0.926. The van der Waals surface area contributed by atoms with Gasteiger partial charge in [-0.05, 0) is 24.3 Å². The Hall–Kier alpha value is -1.94. The Kier molecular flexibility index (Phi) is 2.30. The summed E-state index contributed by atoms with van der Waals surface area (Å²) in [4.78, 5) is 0. The monoisotopic (exact) mass is 247 g/mol. The van der Waals surface area contributed by atoms with Crippen molar-refractivity contribution in [2.45, 2.75) is 0 Å². The molecular weight excluding hydrogens is 241 g/mol. The quantitative estimate of drug-likeness (QED) is 0.661. The van der Waals surface area contributed by atoms with Crippen LogP contribution in [-0.4, -0.2) is 14.6 Å². The minimum atomic E-state index is -0.332. The van der Waals surface area contributed by atoms with Crippen molar-refractivity contribution in [1.29, 1.82) is 0 Å². The molecular formula is C12H7ClFN3. The van der Waals surface area contributed by atoms with E-state index in [1.807, 2.05) is 0 Å². The second kappa shape index (κ2) is 3.82. The second-order valence-corrected chi connectivity index (χ2v) is 3.96. The van der Waals surface area contributed by atoms with E-state index < -0.39 is 0 Å². The first-order chi connectivity index (χ1) is 8.27. The van der Waals surface area contributed by atoms with Crippen LogP contribution < -0.4 is 0 Å². The van der Waals surface area contributed by atoms with Crippen LogP contribution >= 0.6 is 11.6 Å². The largest absolute Gasteiger partial charge is 0.281 e. The van der Waals surface area contributed by atoms with Gasteiger partial charge in [0.1, 0.15) is 5.82 Å². The topological polar surface area (TPSA) is 30.2 Å². The predicted molar refractivity (Wildman–Crippen MR) is 63.4 cm³/mol. The van der Waals surface area contributed by atoms with E-state index in [4.69, 9.17) is 11.6 Å². The lowest BCUT2D eigenvalue weighted by molar-refractivity contribution is 0.629. The third-order valence-corrected chi connectivity index (χ3v) is 2.80. The summed E-state index contributed by atoms with van der Waals surface area (Å²) in [6, 6.07) is 9.92. The first kappa shape index (κ1) is 10.2. The number of halogens is 2. The number of nitrogens with zero attached hydrogens (tertiary/aromatic N) is 3. The van der Waals surface area contributed by atoms with Crippen molar-refractivity contribution in [3.63, 3.8) is 0 Å². The SMILES string of the molecule is Fc1ccccc1-c1nnc2c(Cl)cccn12. The fraction of sp³-hybridized carbons (Fsp3) is 0. The maximum absolute atomic E-state index is 13.7. The van der Waals surface area contributed by atoms with Gasteiger partial charge in [-0.15, -0.1) is 10.2 Å². The molecule has 2 heterocycles. The Morgan fingerprint density at radius 3 is 2.71 bits per heavy atom.